The summed E-state index contributed by atoms with van der Waals surface area (Å²) in [7, 11) is 0. The number of ketones is 1. The lowest BCUT2D eigenvalue weighted by Gasteiger charge is -2.25. The molecular formula is C17H14BrFO2. The topological polar surface area (TPSA) is 26.3 Å². The molecule has 0 amide bonds. The van der Waals surface area contributed by atoms with Crippen LogP contribution in [-0.2, 0) is 11.2 Å². The van der Waals surface area contributed by atoms with Crippen molar-refractivity contribution in [1.82, 2.24) is 0 Å². The lowest BCUT2D eigenvalue weighted by molar-refractivity contribution is -0.120. The molecular weight excluding hydrogens is 335 g/mol. The van der Waals surface area contributed by atoms with Gasteiger partial charge in [-0.25, -0.2) is 4.39 Å². The molecule has 2 nitrogen and oxygen atoms in total. The first kappa shape index (κ1) is 14.3. The minimum Gasteiger partial charge on any atom is -0.493 e. The Morgan fingerprint density at radius 3 is 2.95 bits per heavy atom. The minimum absolute atomic E-state index is 0.0303. The zero-order chi connectivity index (χ0) is 14.8. The Hall–Kier alpha value is -1.68. The van der Waals surface area contributed by atoms with Gasteiger partial charge in [0.15, 0.2) is 0 Å². The maximum atomic E-state index is 13.8. The van der Waals surface area contributed by atoms with E-state index in [2.05, 4.69) is 15.9 Å². The molecule has 0 bridgehead atoms. The standard InChI is InChI=1S/C17H14BrFO2/c18-12-5-6-15(19)11(9-12)10-16(20)13-7-8-21-17-4-2-1-3-14(13)17/h1-6,9,13H,7-8,10H2. The van der Waals surface area contributed by atoms with Crippen LogP contribution in [-0.4, -0.2) is 12.4 Å². The van der Waals surface area contributed by atoms with Crippen LogP contribution in [0, 0.1) is 5.82 Å². The van der Waals surface area contributed by atoms with Gasteiger partial charge in [0.05, 0.1) is 6.61 Å². The molecule has 0 radical (unpaired) electrons. The SMILES string of the molecule is O=C(Cc1cc(Br)ccc1F)C1CCOc2ccccc21. The van der Waals surface area contributed by atoms with E-state index in [0.717, 1.165) is 15.8 Å². The highest BCUT2D eigenvalue weighted by molar-refractivity contribution is 9.10. The molecule has 0 N–H and O–H groups in total. The van der Waals surface area contributed by atoms with Gasteiger partial charge in [-0.3, -0.25) is 4.79 Å². The first-order chi connectivity index (χ1) is 10.1. The van der Waals surface area contributed by atoms with Gasteiger partial charge < -0.3 is 4.74 Å². The molecule has 0 saturated heterocycles. The van der Waals surface area contributed by atoms with Crippen LogP contribution >= 0.6 is 15.9 Å². The monoisotopic (exact) mass is 348 g/mol. The Balaban J connectivity index is 1.85. The van der Waals surface area contributed by atoms with Gasteiger partial charge in [0, 0.05) is 22.4 Å². The van der Waals surface area contributed by atoms with E-state index < -0.39 is 0 Å². The number of carbonyl (C=O) groups is 1. The number of carbonyl (C=O) groups excluding carboxylic acids is 1. The van der Waals surface area contributed by atoms with E-state index in [1.807, 2.05) is 24.3 Å². The fraction of sp³-hybridized carbons (Fsp3) is 0.235. The van der Waals surface area contributed by atoms with Crippen molar-refractivity contribution in [2.75, 3.05) is 6.61 Å². The molecule has 3 rings (SSSR count). The van der Waals surface area contributed by atoms with Crippen LogP contribution in [0.25, 0.3) is 0 Å². The van der Waals surface area contributed by atoms with E-state index >= 15 is 0 Å². The molecule has 1 heterocycles. The highest BCUT2D eigenvalue weighted by Crippen LogP contribution is 2.34. The molecule has 1 atom stereocenters. The van der Waals surface area contributed by atoms with Gasteiger partial charge in [0.25, 0.3) is 0 Å². The molecule has 1 aliphatic heterocycles. The highest BCUT2D eigenvalue weighted by Gasteiger charge is 2.27. The average molecular weight is 349 g/mol. The predicted octanol–water partition coefficient (Wildman–Crippen LogP) is 4.27. The molecule has 0 aromatic heterocycles. The quantitative estimate of drug-likeness (QED) is 0.827. The van der Waals surface area contributed by atoms with Gasteiger partial charge in [-0.1, -0.05) is 34.1 Å². The van der Waals surface area contributed by atoms with E-state index in [4.69, 9.17) is 4.74 Å². The summed E-state index contributed by atoms with van der Waals surface area (Å²) in [5.74, 6) is 0.236. The minimum atomic E-state index is -0.341. The third-order valence-electron chi connectivity index (χ3n) is 3.72. The van der Waals surface area contributed by atoms with Gasteiger partial charge in [-0.2, -0.15) is 0 Å². The Morgan fingerprint density at radius 1 is 1.29 bits per heavy atom. The number of Topliss-reactive ketones (excluding diaryl/α,β-unsaturated/α-hetero) is 1. The van der Waals surface area contributed by atoms with Crippen molar-refractivity contribution < 1.29 is 13.9 Å². The number of para-hydroxylation sites is 1. The number of benzene rings is 2. The van der Waals surface area contributed by atoms with Crippen molar-refractivity contribution in [3.63, 3.8) is 0 Å². The summed E-state index contributed by atoms with van der Waals surface area (Å²) >= 11 is 3.31. The number of rotatable bonds is 3. The molecule has 4 heteroatoms. The Morgan fingerprint density at radius 2 is 2.10 bits per heavy atom. The van der Waals surface area contributed by atoms with Gasteiger partial charge in [-0.15, -0.1) is 0 Å². The number of ether oxygens (including phenoxy) is 1. The molecule has 2 aromatic carbocycles. The van der Waals surface area contributed by atoms with E-state index in [9.17, 15) is 9.18 Å². The van der Waals surface area contributed by atoms with Crippen molar-refractivity contribution in [1.29, 1.82) is 0 Å². The maximum Gasteiger partial charge on any atom is 0.145 e. The van der Waals surface area contributed by atoms with Crippen LogP contribution in [0.2, 0.25) is 0 Å². The lowest BCUT2D eigenvalue weighted by Crippen LogP contribution is -2.22. The van der Waals surface area contributed by atoms with Crippen LogP contribution in [0.15, 0.2) is 46.9 Å². The molecule has 0 fully saturated rings. The van der Waals surface area contributed by atoms with Crippen molar-refractivity contribution in [2.45, 2.75) is 18.8 Å². The molecule has 1 aliphatic rings. The van der Waals surface area contributed by atoms with Gasteiger partial charge in [0.2, 0.25) is 0 Å². The second-order valence-electron chi connectivity index (χ2n) is 5.11. The summed E-state index contributed by atoms with van der Waals surface area (Å²) in [6, 6.07) is 12.2. The molecule has 108 valence electrons. The fourth-order valence-corrected chi connectivity index (χ4v) is 3.07. The van der Waals surface area contributed by atoms with E-state index in [0.29, 0.717) is 18.6 Å². The number of fused-ring (bicyclic) bond motifs is 1. The normalized spacial score (nSPS) is 17.0. The number of hydrogen-bond donors (Lipinski definition) is 0. The van der Waals surface area contributed by atoms with Crippen LogP contribution in [0.3, 0.4) is 0 Å². The average Bonchev–Trinajstić information content (AvgIpc) is 2.50. The van der Waals surface area contributed by atoms with Crippen molar-refractivity contribution in [3.8, 4) is 5.75 Å². The Labute approximate surface area is 131 Å². The Bertz CT molecular complexity index is 684. The van der Waals surface area contributed by atoms with Crippen LogP contribution in [0.4, 0.5) is 4.39 Å². The summed E-state index contributed by atoms with van der Waals surface area (Å²) in [6.07, 6.45) is 0.746. The fourth-order valence-electron chi connectivity index (χ4n) is 2.67. The molecule has 21 heavy (non-hydrogen) atoms. The zero-order valence-corrected chi connectivity index (χ0v) is 12.9. The van der Waals surface area contributed by atoms with Crippen molar-refractivity contribution in [3.05, 3.63) is 63.9 Å². The van der Waals surface area contributed by atoms with Crippen molar-refractivity contribution >= 4 is 21.7 Å². The summed E-state index contributed by atoms with van der Waals surface area (Å²) in [5.41, 5.74) is 1.34. The van der Waals surface area contributed by atoms with Crippen LogP contribution < -0.4 is 4.74 Å². The van der Waals surface area contributed by atoms with Crippen LogP contribution in [0.5, 0.6) is 5.75 Å². The number of halogens is 2. The summed E-state index contributed by atoms with van der Waals surface area (Å²) in [5, 5.41) is 0. The molecule has 0 saturated carbocycles. The molecule has 2 aromatic rings. The molecule has 0 spiro atoms. The number of hydrogen-bond acceptors (Lipinski definition) is 2. The summed E-state index contributed by atoms with van der Waals surface area (Å²) in [6.45, 7) is 0.522. The maximum absolute atomic E-state index is 13.8. The highest BCUT2D eigenvalue weighted by atomic mass is 79.9. The van der Waals surface area contributed by atoms with Gasteiger partial charge in [0.1, 0.15) is 17.3 Å². The zero-order valence-electron chi connectivity index (χ0n) is 11.3. The molecule has 0 aliphatic carbocycles. The van der Waals surface area contributed by atoms with E-state index in [1.54, 1.807) is 12.1 Å². The third kappa shape index (κ3) is 3.00. The first-order valence-corrected chi connectivity index (χ1v) is 7.63. The van der Waals surface area contributed by atoms with Gasteiger partial charge in [-0.05, 0) is 36.2 Å². The largest absolute Gasteiger partial charge is 0.493 e. The predicted molar refractivity (Wildman–Crippen MR) is 82.1 cm³/mol. The van der Waals surface area contributed by atoms with E-state index in [1.165, 1.54) is 6.07 Å². The van der Waals surface area contributed by atoms with E-state index in [-0.39, 0.29) is 23.9 Å². The second kappa shape index (κ2) is 5.98. The first-order valence-electron chi connectivity index (χ1n) is 6.83. The smallest absolute Gasteiger partial charge is 0.145 e. The molecule has 1 unspecified atom stereocenters. The van der Waals surface area contributed by atoms with Crippen molar-refractivity contribution in [2.24, 2.45) is 0 Å². The Kier molecular flexibility index (Phi) is 4.06. The van der Waals surface area contributed by atoms with Gasteiger partial charge >= 0.3 is 0 Å². The van der Waals surface area contributed by atoms with Crippen LogP contribution in [0.1, 0.15) is 23.5 Å². The summed E-state index contributed by atoms with van der Waals surface area (Å²) in [4.78, 5) is 12.6. The summed E-state index contributed by atoms with van der Waals surface area (Å²) < 4.78 is 20.1. The lowest BCUT2D eigenvalue weighted by atomic mass is 9.87. The second-order valence-corrected chi connectivity index (χ2v) is 6.02. The third-order valence-corrected chi connectivity index (χ3v) is 4.21.